The van der Waals surface area contributed by atoms with Gasteiger partial charge in [-0.2, -0.15) is 0 Å². The fraction of sp³-hybridized carbons (Fsp3) is 0.632. The molecule has 0 bridgehead atoms. The topological polar surface area (TPSA) is 43.8 Å². The maximum Gasteiger partial charge on any atom is 0.254 e. The first-order chi connectivity index (χ1) is 11.2. The minimum atomic E-state index is -0.440. The van der Waals surface area contributed by atoms with Crippen LogP contribution >= 0.6 is 0 Å². The van der Waals surface area contributed by atoms with Crippen LogP contribution in [-0.4, -0.2) is 58.6 Å². The lowest BCUT2D eigenvalue weighted by atomic mass is 9.92. The van der Waals surface area contributed by atoms with Crippen LogP contribution in [0.1, 0.15) is 49.4 Å². The third kappa shape index (κ3) is 3.59. The predicted molar refractivity (Wildman–Crippen MR) is 91.4 cm³/mol. The second-order valence-corrected chi connectivity index (χ2v) is 6.86. The highest BCUT2D eigenvalue weighted by molar-refractivity contribution is 5.94. The Labute approximate surface area is 139 Å². The highest BCUT2D eigenvalue weighted by atomic mass is 16.3. The number of nitrogens with zero attached hydrogens (tertiary/aromatic N) is 2. The summed E-state index contributed by atoms with van der Waals surface area (Å²) in [6, 6.07) is 9.73. The number of aliphatic hydroxyl groups excluding tert-OH is 1. The van der Waals surface area contributed by atoms with Crippen molar-refractivity contribution in [1.82, 2.24) is 9.80 Å². The standard InChI is InChI=1S/C19H28N2O2/c1-2-20-13-17(18(22)14-20)21(16-11-7-4-8-12-16)19(23)15-9-5-3-6-10-15/h3,5-6,9-10,16-18,22H,2,4,7-8,11-14H2,1H3/t17-,18-/m0/s1. The number of β-amino-alcohol motifs (C(OH)–C–C–N with tert-alkyl or cyclic N) is 1. The van der Waals surface area contributed by atoms with Gasteiger partial charge in [0.1, 0.15) is 0 Å². The number of rotatable bonds is 4. The number of amides is 1. The van der Waals surface area contributed by atoms with Crippen LogP contribution in [0.5, 0.6) is 0 Å². The van der Waals surface area contributed by atoms with Gasteiger partial charge in [0.15, 0.2) is 0 Å². The molecular weight excluding hydrogens is 288 g/mol. The van der Waals surface area contributed by atoms with Crippen LogP contribution in [0.2, 0.25) is 0 Å². The number of likely N-dealkylation sites (N-methyl/N-ethyl adjacent to an activating group) is 1. The van der Waals surface area contributed by atoms with E-state index in [1.54, 1.807) is 0 Å². The Morgan fingerprint density at radius 2 is 1.87 bits per heavy atom. The lowest BCUT2D eigenvalue weighted by molar-refractivity contribution is 0.0295. The third-order valence-electron chi connectivity index (χ3n) is 5.36. The zero-order valence-electron chi connectivity index (χ0n) is 14.0. The summed E-state index contributed by atoms with van der Waals surface area (Å²) in [5, 5.41) is 10.6. The Hall–Kier alpha value is -1.39. The quantitative estimate of drug-likeness (QED) is 0.928. The lowest BCUT2D eigenvalue weighted by Gasteiger charge is -2.39. The van der Waals surface area contributed by atoms with Crippen LogP contribution in [-0.2, 0) is 0 Å². The molecule has 0 unspecified atom stereocenters. The van der Waals surface area contributed by atoms with Crippen molar-refractivity contribution in [1.29, 1.82) is 0 Å². The van der Waals surface area contributed by atoms with Crippen LogP contribution in [0.15, 0.2) is 30.3 Å². The summed E-state index contributed by atoms with van der Waals surface area (Å²) in [7, 11) is 0. The summed E-state index contributed by atoms with van der Waals surface area (Å²) in [6.45, 7) is 4.49. The van der Waals surface area contributed by atoms with Crippen molar-refractivity contribution in [3.63, 3.8) is 0 Å². The van der Waals surface area contributed by atoms with Gasteiger partial charge in [-0.25, -0.2) is 0 Å². The molecule has 1 aliphatic heterocycles. The summed E-state index contributed by atoms with van der Waals surface area (Å²) in [5.74, 6) is 0.0829. The van der Waals surface area contributed by atoms with Gasteiger partial charge in [-0.05, 0) is 31.5 Å². The molecule has 0 spiro atoms. The highest BCUT2D eigenvalue weighted by Crippen LogP contribution is 2.29. The smallest absolute Gasteiger partial charge is 0.254 e. The molecule has 23 heavy (non-hydrogen) atoms. The summed E-state index contributed by atoms with van der Waals surface area (Å²) < 4.78 is 0. The molecule has 1 amide bonds. The first-order valence-corrected chi connectivity index (χ1v) is 8.99. The Kier molecular flexibility index (Phi) is 5.34. The van der Waals surface area contributed by atoms with Gasteiger partial charge < -0.3 is 10.0 Å². The largest absolute Gasteiger partial charge is 0.390 e. The minimum Gasteiger partial charge on any atom is -0.390 e. The lowest BCUT2D eigenvalue weighted by Crippen LogP contribution is -2.52. The Morgan fingerprint density at radius 3 is 2.48 bits per heavy atom. The molecule has 1 aromatic carbocycles. The number of likely N-dealkylation sites (tertiary alicyclic amines) is 1. The maximum absolute atomic E-state index is 13.2. The number of aliphatic hydroxyl groups is 1. The van der Waals surface area contributed by atoms with Crippen LogP contribution < -0.4 is 0 Å². The molecule has 3 rings (SSSR count). The van der Waals surface area contributed by atoms with E-state index in [0.717, 1.165) is 31.5 Å². The Morgan fingerprint density at radius 1 is 1.17 bits per heavy atom. The number of benzene rings is 1. The van der Waals surface area contributed by atoms with Gasteiger partial charge in [-0.1, -0.05) is 44.4 Å². The second-order valence-electron chi connectivity index (χ2n) is 6.86. The van der Waals surface area contributed by atoms with E-state index in [4.69, 9.17) is 0 Å². The van der Waals surface area contributed by atoms with Gasteiger partial charge in [0.25, 0.3) is 5.91 Å². The molecular formula is C19H28N2O2. The average Bonchev–Trinajstić information content (AvgIpc) is 2.98. The first-order valence-electron chi connectivity index (χ1n) is 8.99. The SMILES string of the molecule is CCN1C[C@H](O)[C@@H](N(C(=O)c2ccccc2)C2CCCCC2)C1. The van der Waals surface area contributed by atoms with E-state index >= 15 is 0 Å². The van der Waals surface area contributed by atoms with E-state index in [1.165, 1.54) is 19.3 Å². The van der Waals surface area contributed by atoms with Crippen molar-refractivity contribution < 1.29 is 9.90 Å². The monoisotopic (exact) mass is 316 g/mol. The molecule has 1 N–H and O–H groups in total. The minimum absolute atomic E-state index is 0.0780. The average molecular weight is 316 g/mol. The van der Waals surface area contributed by atoms with E-state index in [-0.39, 0.29) is 18.0 Å². The Balaban J connectivity index is 1.86. The number of hydrogen-bond donors (Lipinski definition) is 1. The molecule has 4 heteroatoms. The zero-order chi connectivity index (χ0) is 16.2. The normalized spacial score (nSPS) is 26.3. The summed E-state index contributed by atoms with van der Waals surface area (Å²) in [4.78, 5) is 17.4. The summed E-state index contributed by atoms with van der Waals surface area (Å²) in [5.41, 5.74) is 0.736. The van der Waals surface area contributed by atoms with Crippen LogP contribution in [0.3, 0.4) is 0 Å². The molecule has 126 valence electrons. The zero-order valence-corrected chi connectivity index (χ0v) is 14.0. The van der Waals surface area contributed by atoms with E-state index < -0.39 is 6.10 Å². The van der Waals surface area contributed by atoms with Gasteiger partial charge in [0.05, 0.1) is 12.1 Å². The van der Waals surface area contributed by atoms with Crippen molar-refractivity contribution >= 4 is 5.91 Å². The summed E-state index contributed by atoms with van der Waals surface area (Å²) >= 11 is 0. The van der Waals surface area contributed by atoms with Gasteiger partial charge >= 0.3 is 0 Å². The van der Waals surface area contributed by atoms with Crippen molar-refractivity contribution in [2.24, 2.45) is 0 Å². The maximum atomic E-state index is 13.2. The highest BCUT2D eigenvalue weighted by Gasteiger charge is 2.40. The molecule has 0 aromatic heterocycles. The van der Waals surface area contributed by atoms with Gasteiger partial charge in [-0.3, -0.25) is 9.69 Å². The van der Waals surface area contributed by atoms with Gasteiger partial charge in [-0.15, -0.1) is 0 Å². The molecule has 1 saturated heterocycles. The molecule has 2 fully saturated rings. The van der Waals surface area contributed by atoms with Crippen LogP contribution in [0.4, 0.5) is 0 Å². The second kappa shape index (κ2) is 7.45. The van der Waals surface area contributed by atoms with Crippen molar-refractivity contribution in [2.75, 3.05) is 19.6 Å². The predicted octanol–water partition coefficient (Wildman–Crippen LogP) is 2.53. The van der Waals surface area contributed by atoms with E-state index in [9.17, 15) is 9.90 Å². The van der Waals surface area contributed by atoms with E-state index in [1.807, 2.05) is 35.2 Å². The fourth-order valence-electron chi connectivity index (χ4n) is 4.05. The third-order valence-corrected chi connectivity index (χ3v) is 5.36. The molecule has 4 nitrogen and oxygen atoms in total. The number of hydrogen-bond acceptors (Lipinski definition) is 3. The molecule has 2 atom stereocenters. The molecule has 1 saturated carbocycles. The van der Waals surface area contributed by atoms with Crippen molar-refractivity contribution in [3.05, 3.63) is 35.9 Å². The summed E-state index contributed by atoms with van der Waals surface area (Å²) in [6.07, 6.45) is 5.32. The van der Waals surface area contributed by atoms with E-state index in [0.29, 0.717) is 6.54 Å². The van der Waals surface area contributed by atoms with E-state index in [2.05, 4.69) is 11.8 Å². The Bertz CT molecular complexity index is 513. The number of carbonyl (C=O) groups is 1. The van der Waals surface area contributed by atoms with Crippen molar-refractivity contribution in [3.8, 4) is 0 Å². The molecule has 0 radical (unpaired) electrons. The number of carbonyl (C=O) groups excluding carboxylic acids is 1. The molecule has 1 heterocycles. The van der Waals surface area contributed by atoms with Gasteiger partial charge in [0, 0.05) is 24.7 Å². The van der Waals surface area contributed by atoms with Crippen LogP contribution in [0.25, 0.3) is 0 Å². The molecule has 1 aromatic rings. The van der Waals surface area contributed by atoms with Gasteiger partial charge in [0.2, 0.25) is 0 Å². The molecule has 2 aliphatic rings. The molecule has 1 aliphatic carbocycles. The van der Waals surface area contributed by atoms with Crippen LogP contribution in [0, 0.1) is 0 Å². The first kappa shape index (κ1) is 16.5. The fourth-order valence-corrected chi connectivity index (χ4v) is 4.05. The van der Waals surface area contributed by atoms with Crippen molar-refractivity contribution in [2.45, 2.75) is 57.2 Å².